The van der Waals surface area contributed by atoms with Crippen LogP contribution in [0.5, 0.6) is 0 Å². The first-order chi connectivity index (χ1) is 21.1. The summed E-state index contributed by atoms with van der Waals surface area (Å²) in [6.45, 7) is 9.87. The topological polar surface area (TPSA) is 52.6 Å². The number of esters is 2. The Bertz CT molecular complexity index is 533. The molecule has 0 radical (unpaired) electrons. The van der Waals surface area contributed by atoms with Gasteiger partial charge >= 0.3 is 11.9 Å². The van der Waals surface area contributed by atoms with Crippen LogP contribution in [0.4, 0.5) is 0 Å². The van der Waals surface area contributed by atoms with Crippen molar-refractivity contribution in [3.8, 4) is 0 Å². The van der Waals surface area contributed by atoms with Gasteiger partial charge in [-0.25, -0.2) is 0 Å². The number of carbonyl (C=O) groups is 2. The van der Waals surface area contributed by atoms with Gasteiger partial charge < -0.3 is 9.47 Å². The highest BCUT2D eigenvalue weighted by atomic mass is 16.5. The number of hydrogen-bond acceptors (Lipinski definition) is 4. The van der Waals surface area contributed by atoms with Crippen LogP contribution in [-0.2, 0) is 19.1 Å². The molecular weight excluding hydrogens is 532 g/mol. The van der Waals surface area contributed by atoms with Gasteiger partial charge in [0.2, 0.25) is 0 Å². The molecule has 0 fully saturated rings. The van der Waals surface area contributed by atoms with E-state index in [1.807, 2.05) is 6.92 Å². The molecule has 4 nitrogen and oxygen atoms in total. The van der Waals surface area contributed by atoms with Crippen LogP contribution in [0.3, 0.4) is 0 Å². The Kier molecular flexibility index (Phi) is 42.0. The zero-order valence-electron chi connectivity index (χ0n) is 30.0. The van der Waals surface area contributed by atoms with Crippen LogP contribution in [0.2, 0.25) is 0 Å². The molecule has 43 heavy (non-hydrogen) atoms. The molecule has 0 aromatic heterocycles. The van der Waals surface area contributed by atoms with Crippen molar-refractivity contribution in [1.29, 1.82) is 0 Å². The molecule has 0 rings (SSSR count). The summed E-state index contributed by atoms with van der Waals surface area (Å²) < 4.78 is 10.2. The second kappa shape index (κ2) is 40.9. The molecule has 0 atom stereocenters. The van der Waals surface area contributed by atoms with Gasteiger partial charge in [0.1, 0.15) is 0 Å². The predicted molar refractivity (Wildman–Crippen MR) is 188 cm³/mol. The fourth-order valence-electron chi connectivity index (χ4n) is 5.26. The monoisotopic (exact) mass is 611 g/mol. The van der Waals surface area contributed by atoms with Gasteiger partial charge in [-0.3, -0.25) is 9.59 Å². The predicted octanol–water partition coefficient (Wildman–Crippen LogP) is 13.2. The highest BCUT2D eigenvalue weighted by Crippen LogP contribution is 2.14. The van der Waals surface area contributed by atoms with Crippen molar-refractivity contribution in [3.63, 3.8) is 0 Å². The molecule has 0 aromatic rings. The molecule has 0 saturated carbocycles. The number of hydrogen-bond donors (Lipinski definition) is 0. The molecule has 0 saturated heterocycles. The fraction of sp³-hybridized carbons (Fsp3) is 0.949. The third-order valence-corrected chi connectivity index (χ3v) is 8.20. The smallest absolute Gasteiger partial charge is 0.305 e. The molecule has 0 unspecified atom stereocenters. The van der Waals surface area contributed by atoms with Gasteiger partial charge in [-0.1, -0.05) is 188 Å². The Balaban J connectivity index is 0. The minimum Gasteiger partial charge on any atom is -0.466 e. The van der Waals surface area contributed by atoms with Gasteiger partial charge in [-0.15, -0.1) is 0 Å². The largest absolute Gasteiger partial charge is 0.466 e. The maximum atomic E-state index is 11.4. The summed E-state index contributed by atoms with van der Waals surface area (Å²) >= 11 is 0. The van der Waals surface area contributed by atoms with Gasteiger partial charge in [0.25, 0.3) is 0 Å². The van der Waals surface area contributed by atoms with Gasteiger partial charge in [-0.05, 0) is 25.7 Å². The van der Waals surface area contributed by atoms with E-state index in [4.69, 9.17) is 9.47 Å². The van der Waals surface area contributed by atoms with Crippen molar-refractivity contribution in [1.82, 2.24) is 0 Å². The fourth-order valence-corrected chi connectivity index (χ4v) is 5.26. The van der Waals surface area contributed by atoms with E-state index < -0.39 is 0 Å². The maximum Gasteiger partial charge on any atom is 0.305 e. The Hall–Kier alpha value is -1.06. The lowest BCUT2D eigenvalue weighted by Crippen LogP contribution is -2.05. The SMILES string of the molecule is CCCCCCCCCCCCCC(=O)OCCCC.CCCCCCCCCCCCCCCCCC(=O)OCCC. The minimum atomic E-state index is -0.0125. The average Bonchev–Trinajstić information content (AvgIpc) is 3.01. The van der Waals surface area contributed by atoms with Crippen molar-refractivity contribution in [2.45, 2.75) is 227 Å². The molecule has 0 bridgehead atoms. The normalized spacial score (nSPS) is 10.8. The third kappa shape index (κ3) is 43.1. The lowest BCUT2D eigenvalue weighted by molar-refractivity contribution is -0.144. The summed E-state index contributed by atoms with van der Waals surface area (Å²) in [6, 6.07) is 0. The zero-order valence-corrected chi connectivity index (χ0v) is 30.0. The van der Waals surface area contributed by atoms with Crippen LogP contribution in [-0.4, -0.2) is 25.2 Å². The molecule has 0 heterocycles. The van der Waals surface area contributed by atoms with Gasteiger partial charge in [0, 0.05) is 12.8 Å². The van der Waals surface area contributed by atoms with Crippen molar-refractivity contribution in [2.24, 2.45) is 0 Å². The van der Waals surface area contributed by atoms with E-state index in [0.717, 1.165) is 32.1 Å². The van der Waals surface area contributed by atoms with Crippen LogP contribution in [0.25, 0.3) is 0 Å². The van der Waals surface area contributed by atoms with E-state index in [2.05, 4.69) is 20.8 Å². The van der Waals surface area contributed by atoms with Crippen LogP contribution in [0, 0.1) is 0 Å². The summed E-state index contributed by atoms with van der Waals surface area (Å²) in [6.07, 6.45) is 39.1. The first-order valence-electron chi connectivity index (χ1n) is 19.4. The molecule has 0 aliphatic carbocycles. The van der Waals surface area contributed by atoms with Gasteiger partial charge in [0.05, 0.1) is 13.2 Å². The van der Waals surface area contributed by atoms with E-state index in [1.165, 1.54) is 154 Å². The van der Waals surface area contributed by atoms with E-state index in [0.29, 0.717) is 26.1 Å². The van der Waals surface area contributed by atoms with Crippen LogP contribution < -0.4 is 0 Å². The maximum absolute atomic E-state index is 11.4. The third-order valence-electron chi connectivity index (χ3n) is 8.20. The first kappa shape index (κ1) is 44.1. The Morgan fingerprint density at radius 2 is 0.558 bits per heavy atom. The molecule has 0 spiro atoms. The lowest BCUT2D eigenvalue weighted by Gasteiger charge is -2.04. The van der Waals surface area contributed by atoms with Crippen molar-refractivity contribution >= 4 is 11.9 Å². The van der Waals surface area contributed by atoms with Gasteiger partial charge in [-0.2, -0.15) is 0 Å². The summed E-state index contributed by atoms with van der Waals surface area (Å²) in [5, 5.41) is 0. The molecular formula is C39H78O4. The lowest BCUT2D eigenvalue weighted by atomic mass is 10.0. The molecule has 0 aliphatic rings. The average molecular weight is 611 g/mol. The first-order valence-corrected chi connectivity index (χ1v) is 19.4. The van der Waals surface area contributed by atoms with Crippen molar-refractivity contribution in [2.75, 3.05) is 13.2 Å². The number of rotatable bonds is 33. The van der Waals surface area contributed by atoms with Crippen LogP contribution in [0.15, 0.2) is 0 Å². The molecule has 0 amide bonds. The Morgan fingerprint density at radius 1 is 0.302 bits per heavy atom. The van der Waals surface area contributed by atoms with E-state index in [-0.39, 0.29) is 11.9 Å². The second-order valence-corrected chi connectivity index (χ2v) is 12.8. The summed E-state index contributed by atoms with van der Waals surface area (Å²) in [4.78, 5) is 22.7. The highest BCUT2D eigenvalue weighted by molar-refractivity contribution is 5.69. The van der Waals surface area contributed by atoms with Crippen LogP contribution >= 0.6 is 0 Å². The summed E-state index contributed by atoms with van der Waals surface area (Å²) in [5.74, 6) is -0.0177. The van der Waals surface area contributed by atoms with E-state index >= 15 is 0 Å². The summed E-state index contributed by atoms with van der Waals surface area (Å²) in [7, 11) is 0. The number of ether oxygens (including phenoxy) is 2. The zero-order chi connectivity index (χ0) is 31.9. The van der Waals surface area contributed by atoms with Gasteiger partial charge in [0.15, 0.2) is 0 Å². The molecule has 0 aromatic carbocycles. The van der Waals surface area contributed by atoms with E-state index in [9.17, 15) is 9.59 Å². The molecule has 0 aliphatic heterocycles. The molecule has 258 valence electrons. The summed E-state index contributed by atoms with van der Waals surface area (Å²) in [5.41, 5.74) is 0. The highest BCUT2D eigenvalue weighted by Gasteiger charge is 2.03. The Labute approximate surface area is 270 Å². The number of carbonyl (C=O) groups excluding carboxylic acids is 2. The molecule has 0 N–H and O–H groups in total. The standard InChI is InChI=1S/C21H42O2.C18H36O2/c1-3-5-6-7-8-9-10-11-12-13-14-15-16-17-18-19-21(22)23-20-4-2;1-3-5-7-8-9-10-11-12-13-14-15-16-18(19)20-17-6-4-2/h3-20H2,1-2H3;3-17H2,1-2H3. The Morgan fingerprint density at radius 3 is 0.837 bits per heavy atom. The van der Waals surface area contributed by atoms with Crippen molar-refractivity contribution in [3.05, 3.63) is 0 Å². The van der Waals surface area contributed by atoms with Crippen molar-refractivity contribution < 1.29 is 19.1 Å². The number of unbranched alkanes of at least 4 members (excludes halogenated alkanes) is 25. The molecule has 4 heteroatoms. The quantitative estimate of drug-likeness (QED) is 0.0548. The minimum absolute atomic E-state index is 0.00521. The van der Waals surface area contributed by atoms with E-state index in [1.54, 1.807) is 0 Å². The second-order valence-electron chi connectivity index (χ2n) is 12.8. The van der Waals surface area contributed by atoms with Crippen LogP contribution in [0.1, 0.15) is 227 Å².